The van der Waals surface area contributed by atoms with Gasteiger partial charge in [-0.3, -0.25) is 0 Å². The summed E-state index contributed by atoms with van der Waals surface area (Å²) in [6, 6.07) is 9.91. The molecular weight excluding hydrogens is 328 g/mol. The molecule has 0 aliphatic heterocycles. The highest BCUT2D eigenvalue weighted by Crippen LogP contribution is 2.29. The number of nitrogen functional groups attached to an aromatic ring is 1. The van der Waals surface area contributed by atoms with E-state index in [4.69, 9.17) is 5.73 Å². The lowest BCUT2D eigenvalue weighted by Crippen LogP contribution is -2.16. The minimum atomic E-state index is 0.503. The lowest BCUT2D eigenvalue weighted by atomic mass is 9.92. The van der Waals surface area contributed by atoms with Gasteiger partial charge in [-0.15, -0.1) is 0 Å². The van der Waals surface area contributed by atoms with Crippen LogP contribution in [0, 0.1) is 0 Å². The minimum Gasteiger partial charge on any atom is -0.398 e. The van der Waals surface area contributed by atoms with Crippen molar-refractivity contribution in [2.24, 2.45) is 0 Å². The summed E-state index contributed by atoms with van der Waals surface area (Å²) in [6.45, 7) is 13.4. The van der Waals surface area contributed by atoms with Crippen molar-refractivity contribution in [2.45, 2.75) is 86.1 Å². The smallest absolute Gasteiger partial charge is 0.0407 e. The molecule has 0 fully saturated rings. The van der Waals surface area contributed by atoms with Gasteiger partial charge in [0.25, 0.3) is 0 Å². The van der Waals surface area contributed by atoms with Gasteiger partial charge in [-0.05, 0) is 78.8 Å². The van der Waals surface area contributed by atoms with Crippen molar-refractivity contribution in [1.82, 2.24) is 0 Å². The second-order valence-corrected chi connectivity index (χ2v) is 7.66. The Balaban J connectivity index is 2.42. The van der Waals surface area contributed by atoms with Crippen molar-refractivity contribution in [3.05, 3.63) is 57.6 Å². The number of nitrogens with one attached hydrogen (secondary N) is 1. The number of anilines is 2. The van der Waals surface area contributed by atoms with Crippen LogP contribution >= 0.6 is 0 Å². The van der Waals surface area contributed by atoms with Crippen LogP contribution in [-0.4, -0.2) is 6.04 Å². The molecule has 0 heterocycles. The summed E-state index contributed by atoms with van der Waals surface area (Å²) in [5.74, 6) is 0. The predicted octanol–water partition coefficient (Wildman–Crippen LogP) is 6.32. The Morgan fingerprint density at radius 1 is 0.741 bits per heavy atom. The Morgan fingerprint density at radius 2 is 1.15 bits per heavy atom. The molecule has 1 atom stereocenters. The number of aryl methyl sites for hydroxylation is 4. The molecule has 1 unspecified atom stereocenters. The first-order valence-electron chi connectivity index (χ1n) is 10.8. The third-order valence-electron chi connectivity index (χ3n) is 5.71. The van der Waals surface area contributed by atoms with Crippen molar-refractivity contribution in [1.29, 1.82) is 0 Å². The van der Waals surface area contributed by atoms with Gasteiger partial charge in [-0.2, -0.15) is 0 Å². The zero-order valence-electron chi connectivity index (χ0n) is 18.2. The second-order valence-electron chi connectivity index (χ2n) is 7.66. The van der Waals surface area contributed by atoms with Crippen LogP contribution in [0.25, 0.3) is 0 Å². The summed E-state index contributed by atoms with van der Waals surface area (Å²) in [7, 11) is 0. The molecule has 0 radical (unpaired) electrons. The lowest BCUT2D eigenvalue weighted by molar-refractivity contribution is 0.759. The van der Waals surface area contributed by atoms with Gasteiger partial charge in [-0.25, -0.2) is 0 Å². The number of hydrogen-bond acceptors (Lipinski definition) is 2. The number of benzene rings is 2. The van der Waals surface area contributed by atoms with Gasteiger partial charge < -0.3 is 11.1 Å². The zero-order valence-corrected chi connectivity index (χ0v) is 18.2. The van der Waals surface area contributed by atoms with Crippen LogP contribution in [0.4, 0.5) is 11.4 Å². The Kier molecular flexibility index (Phi) is 7.77. The highest BCUT2D eigenvalue weighted by Gasteiger charge is 2.13. The van der Waals surface area contributed by atoms with Gasteiger partial charge >= 0.3 is 0 Å². The molecule has 0 aliphatic rings. The standard InChI is InChI=1S/C25H38N2/c1-7-17(6)27-25-22(10-4)15-19(16-23(25)11-5)12-18-13-20(8-2)24(26)21(9-3)14-18/h13-17,27H,7-12,26H2,1-6H3. The number of rotatable bonds is 9. The zero-order chi connectivity index (χ0) is 20.0. The average molecular weight is 367 g/mol. The van der Waals surface area contributed by atoms with Gasteiger partial charge in [0.2, 0.25) is 0 Å². The van der Waals surface area contributed by atoms with Crippen molar-refractivity contribution in [3.8, 4) is 0 Å². The molecule has 0 aliphatic carbocycles. The van der Waals surface area contributed by atoms with Gasteiger partial charge in [0.1, 0.15) is 0 Å². The molecule has 2 rings (SSSR count). The highest BCUT2D eigenvalue weighted by atomic mass is 14.9. The van der Waals surface area contributed by atoms with Gasteiger partial charge in [0.15, 0.2) is 0 Å². The molecule has 2 aromatic rings. The number of nitrogens with two attached hydrogens (primary N) is 1. The van der Waals surface area contributed by atoms with Crippen LogP contribution < -0.4 is 11.1 Å². The first-order chi connectivity index (χ1) is 13.0. The van der Waals surface area contributed by atoms with Gasteiger partial charge in [-0.1, -0.05) is 58.9 Å². The molecule has 0 amide bonds. The van der Waals surface area contributed by atoms with Gasteiger partial charge in [0.05, 0.1) is 0 Å². The summed E-state index contributed by atoms with van der Waals surface area (Å²) < 4.78 is 0. The van der Waals surface area contributed by atoms with E-state index in [9.17, 15) is 0 Å². The molecule has 0 bridgehead atoms. The fourth-order valence-electron chi connectivity index (χ4n) is 3.81. The van der Waals surface area contributed by atoms with Crippen molar-refractivity contribution < 1.29 is 0 Å². The van der Waals surface area contributed by atoms with E-state index in [0.717, 1.165) is 44.2 Å². The van der Waals surface area contributed by atoms with Crippen LogP contribution in [0.3, 0.4) is 0 Å². The van der Waals surface area contributed by atoms with E-state index in [1.165, 1.54) is 39.1 Å². The van der Waals surface area contributed by atoms with Crippen LogP contribution in [0.15, 0.2) is 24.3 Å². The largest absolute Gasteiger partial charge is 0.398 e. The third-order valence-corrected chi connectivity index (χ3v) is 5.71. The Labute approximate surface area is 166 Å². The van der Waals surface area contributed by atoms with E-state index < -0.39 is 0 Å². The summed E-state index contributed by atoms with van der Waals surface area (Å²) in [4.78, 5) is 0. The summed E-state index contributed by atoms with van der Waals surface area (Å²) in [5, 5.41) is 3.75. The maximum absolute atomic E-state index is 6.33. The maximum atomic E-state index is 6.33. The van der Waals surface area contributed by atoms with E-state index >= 15 is 0 Å². The van der Waals surface area contributed by atoms with Crippen molar-refractivity contribution in [3.63, 3.8) is 0 Å². The molecule has 3 N–H and O–H groups in total. The molecule has 0 spiro atoms. The first-order valence-corrected chi connectivity index (χ1v) is 10.8. The molecule has 0 aromatic heterocycles. The Bertz CT molecular complexity index is 711. The average Bonchev–Trinajstić information content (AvgIpc) is 2.69. The topological polar surface area (TPSA) is 38.0 Å². The summed E-state index contributed by atoms with van der Waals surface area (Å²) in [5.41, 5.74) is 16.9. The summed E-state index contributed by atoms with van der Waals surface area (Å²) >= 11 is 0. The van der Waals surface area contributed by atoms with E-state index in [0.29, 0.717) is 6.04 Å². The van der Waals surface area contributed by atoms with Crippen LogP contribution in [0.2, 0.25) is 0 Å². The monoisotopic (exact) mass is 366 g/mol. The maximum Gasteiger partial charge on any atom is 0.0407 e. The van der Waals surface area contributed by atoms with E-state index in [1.54, 1.807) is 0 Å². The van der Waals surface area contributed by atoms with Crippen LogP contribution in [0.5, 0.6) is 0 Å². The second kappa shape index (κ2) is 9.82. The van der Waals surface area contributed by atoms with Crippen LogP contribution in [-0.2, 0) is 32.1 Å². The molecule has 2 aromatic carbocycles. The van der Waals surface area contributed by atoms with E-state index in [-0.39, 0.29) is 0 Å². The normalized spacial score (nSPS) is 12.2. The van der Waals surface area contributed by atoms with Crippen molar-refractivity contribution >= 4 is 11.4 Å². The fraction of sp³-hybridized carbons (Fsp3) is 0.520. The SMILES string of the molecule is CCc1cc(Cc2cc(CC)c(NC(C)CC)c(CC)c2)cc(CC)c1N. The van der Waals surface area contributed by atoms with Crippen molar-refractivity contribution in [2.75, 3.05) is 11.1 Å². The first kappa shape index (κ1) is 21.3. The summed E-state index contributed by atoms with van der Waals surface area (Å²) in [6.07, 6.45) is 6.21. The Morgan fingerprint density at radius 3 is 1.52 bits per heavy atom. The lowest BCUT2D eigenvalue weighted by Gasteiger charge is -2.21. The van der Waals surface area contributed by atoms with Gasteiger partial charge in [0, 0.05) is 17.4 Å². The Hall–Kier alpha value is -1.96. The molecule has 148 valence electrons. The molecule has 2 nitrogen and oxygen atoms in total. The van der Waals surface area contributed by atoms with Crippen LogP contribution in [0.1, 0.15) is 81.3 Å². The quantitative estimate of drug-likeness (QED) is 0.510. The fourth-order valence-corrected chi connectivity index (χ4v) is 3.81. The molecule has 0 saturated heterocycles. The third kappa shape index (κ3) is 5.06. The predicted molar refractivity (Wildman–Crippen MR) is 121 cm³/mol. The molecular formula is C25H38N2. The van der Waals surface area contributed by atoms with E-state index in [2.05, 4.69) is 71.1 Å². The minimum absolute atomic E-state index is 0.503. The molecule has 27 heavy (non-hydrogen) atoms. The van der Waals surface area contributed by atoms with E-state index in [1.807, 2.05) is 0 Å². The highest BCUT2D eigenvalue weighted by molar-refractivity contribution is 5.61. The molecule has 2 heteroatoms. The number of hydrogen-bond donors (Lipinski definition) is 2. The molecule has 0 saturated carbocycles.